The summed E-state index contributed by atoms with van der Waals surface area (Å²) in [6, 6.07) is 0. The second-order valence-electron chi connectivity index (χ2n) is 3.03. The summed E-state index contributed by atoms with van der Waals surface area (Å²) < 4.78 is 2.07. The van der Waals surface area contributed by atoms with Crippen LogP contribution in [0.5, 0.6) is 0 Å². The van der Waals surface area contributed by atoms with Crippen LogP contribution in [0.3, 0.4) is 0 Å². The van der Waals surface area contributed by atoms with Gasteiger partial charge in [-0.15, -0.1) is 0 Å². The molecule has 1 aliphatic rings. The minimum atomic E-state index is -0.568. The second-order valence-corrected chi connectivity index (χ2v) is 3.03. The molecule has 7 heteroatoms. The van der Waals surface area contributed by atoms with Crippen LogP contribution in [-0.2, 0) is 18.9 Å². The van der Waals surface area contributed by atoms with Crippen LogP contribution in [-0.4, -0.2) is 15.1 Å². The van der Waals surface area contributed by atoms with Gasteiger partial charge in [-0.25, -0.2) is 14.6 Å². The van der Waals surface area contributed by atoms with Gasteiger partial charge in [0.1, 0.15) is 0 Å². The van der Waals surface area contributed by atoms with Crippen molar-refractivity contribution in [1.29, 1.82) is 0 Å². The van der Waals surface area contributed by atoms with Crippen molar-refractivity contribution < 1.29 is 4.79 Å². The number of aromatic nitrogens is 2. The minimum Gasteiger partial charge on any atom is -0.279 e. The van der Waals surface area contributed by atoms with E-state index in [1.807, 2.05) is 0 Å². The average molecular weight is 206 g/mol. The van der Waals surface area contributed by atoms with E-state index >= 15 is 0 Å². The van der Waals surface area contributed by atoms with Gasteiger partial charge in [0.05, 0.1) is 0 Å². The van der Waals surface area contributed by atoms with Gasteiger partial charge in [-0.05, 0) is 0 Å². The predicted octanol–water partition coefficient (Wildman–Crippen LogP) is -2.99. The zero-order valence-corrected chi connectivity index (χ0v) is 8.01. The Bertz CT molecular complexity index is 731. The fourth-order valence-electron chi connectivity index (χ4n) is 1.32. The number of carbonyl (C=O) groups excluding carboxylic acids is 1. The van der Waals surface area contributed by atoms with Gasteiger partial charge in [-0.2, -0.15) is 4.99 Å². The van der Waals surface area contributed by atoms with E-state index in [4.69, 9.17) is 0 Å². The Hall–Kier alpha value is -2.27. The number of hydrogen-bond donors (Lipinski definition) is 0. The lowest BCUT2D eigenvalue weighted by atomic mass is 10.5. The molecule has 0 aliphatic carbocycles. The SMILES string of the molecule is Cn1c(=O)c2c(n(C)c1=O)=NC(=C=O)N=2. The van der Waals surface area contributed by atoms with E-state index in [0.29, 0.717) is 0 Å². The zero-order chi connectivity index (χ0) is 11.2. The van der Waals surface area contributed by atoms with Gasteiger partial charge in [-0.1, -0.05) is 0 Å². The van der Waals surface area contributed by atoms with E-state index in [0.717, 1.165) is 9.13 Å². The lowest BCUT2D eigenvalue weighted by Crippen LogP contribution is -2.55. The molecule has 0 N–H and O–H groups in total. The third-order valence-corrected chi connectivity index (χ3v) is 2.13. The molecule has 0 spiro atoms. The molecule has 1 aliphatic heterocycles. The highest BCUT2D eigenvalue weighted by Gasteiger charge is 2.12. The molecule has 0 amide bonds. The molecule has 76 valence electrons. The molecule has 0 radical (unpaired) electrons. The molecule has 2 rings (SSSR count). The van der Waals surface area contributed by atoms with Gasteiger partial charge in [0.2, 0.25) is 5.82 Å². The monoisotopic (exact) mass is 206 g/mol. The molecular weight excluding hydrogens is 200 g/mol. The minimum absolute atomic E-state index is 0.00190. The first-order chi connectivity index (χ1) is 7.06. The van der Waals surface area contributed by atoms with Crippen LogP contribution in [0.15, 0.2) is 25.4 Å². The Morgan fingerprint density at radius 2 is 1.80 bits per heavy atom. The first-order valence-corrected chi connectivity index (χ1v) is 4.05. The topological polar surface area (TPSA) is 85.8 Å². The van der Waals surface area contributed by atoms with E-state index < -0.39 is 11.2 Å². The van der Waals surface area contributed by atoms with E-state index in [1.54, 1.807) is 0 Å². The maximum Gasteiger partial charge on any atom is 0.332 e. The van der Waals surface area contributed by atoms with Gasteiger partial charge in [0.25, 0.3) is 5.56 Å². The van der Waals surface area contributed by atoms with Crippen molar-refractivity contribution in [3.8, 4) is 0 Å². The summed E-state index contributed by atoms with van der Waals surface area (Å²) in [7, 11) is 2.79. The standard InChI is InChI=1S/C8H6N4O3/c1-11-6-5(9-4(3-13)10-6)7(14)12(2)8(11)15/h1-2H3. The lowest BCUT2D eigenvalue weighted by Gasteiger charge is -1.98. The number of rotatable bonds is 0. The van der Waals surface area contributed by atoms with Crippen molar-refractivity contribution in [2.24, 2.45) is 24.1 Å². The smallest absolute Gasteiger partial charge is 0.279 e. The van der Waals surface area contributed by atoms with Crippen molar-refractivity contribution in [3.63, 3.8) is 0 Å². The quantitative estimate of drug-likeness (QED) is 0.424. The Balaban J connectivity index is 3.21. The summed E-state index contributed by atoms with van der Waals surface area (Å²) in [5.41, 5.74) is -0.978. The Morgan fingerprint density at radius 1 is 1.13 bits per heavy atom. The van der Waals surface area contributed by atoms with Crippen LogP contribution in [0.2, 0.25) is 0 Å². The molecule has 15 heavy (non-hydrogen) atoms. The third kappa shape index (κ3) is 1.10. The highest BCUT2D eigenvalue weighted by Crippen LogP contribution is 1.89. The maximum absolute atomic E-state index is 11.5. The molecule has 0 aromatic carbocycles. The summed E-state index contributed by atoms with van der Waals surface area (Å²) in [5, 5.41) is -0.00190. The van der Waals surface area contributed by atoms with Crippen molar-refractivity contribution in [1.82, 2.24) is 9.13 Å². The van der Waals surface area contributed by atoms with E-state index in [-0.39, 0.29) is 16.7 Å². The molecule has 0 fully saturated rings. The average Bonchev–Trinajstić information content (AvgIpc) is 2.67. The Kier molecular flexibility index (Phi) is 1.77. The van der Waals surface area contributed by atoms with Gasteiger partial charge >= 0.3 is 5.69 Å². The fraction of sp³-hybridized carbons (Fsp3) is 0.250. The van der Waals surface area contributed by atoms with Gasteiger partial charge in [0.15, 0.2) is 16.8 Å². The first-order valence-electron chi connectivity index (χ1n) is 4.05. The van der Waals surface area contributed by atoms with Crippen LogP contribution in [0, 0.1) is 0 Å². The molecular formula is C8H6N4O3. The Morgan fingerprint density at radius 3 is 2.40 bits per heavy atom. The number of hydrogen-bond acceptors (Lipinski definition) is 5. The van der Waals surface area contributed by atoms with Crippen LogP contribution in [0.25, 0.3) is 0 Å². The van der Waals surface area contributed by atoms with Crippen LogP contribution in [0.1, 0.15) is 0 Å². The highest BCUT2D eigenvalue weighted by atomic mass is 16.2. The molecule has 1 aromatic heterocycles. The summed E-state index contributed by atoms with van der Waals surface area (Å²) in [6.45, 7) is 0. The van der Waals surface area contributed by atoms with Crippen molar-refractivity contribution in [3.05, 3.63) is 37.5 Å². The van der Waals surface area contributed by atoms with Crippen molar-refractivity contribution in [2.75, 3.05) is 0 Å². The fourth-order valence-corrected chi connectivity index (χ4v) is 1.32. The number of fused-ring (bicyclic) bond motifs is 1. The van der Waals surface area contributed by atoms with Gasteiger partial charge in [0, 0.05) is 14.1 Å². The molecule has 7 nitrogen and oxygen atoms in total. The number of nitrogens with zero attached hydrogens (tertiary/aromatic N) is 4. The maximum atomic E-state index is 11.5. The summed E-state index contributed by atoms with van der Waals surface area (Å²) in [4.78, 5) is 40.7. The van der Waals surface area contributed by atoms with E-state index in [2.05, 4.69) is 9.98 Å². The lowest BCUT2D eigenvalue weighted by molar-refractivity contribution is 0.566. The molecule has 0 atom stereocenters. The predicted molar refractivity (Wildman–Crippen MR) is 48.4 cm³/mol. The van der Waals surface area contributed by atoms with Crippen molar-refractivity contribution >= 4 is 5.94 Å². The Labute approximate surface area is 82.3 Å². The zero-order valence-electron chi connectivity index (χ0n) is 8.01. The molecule has 0 bridgehead atoms. The summed E-state index contributed by atoms with van der Waals surface area (Å²) >= 11 is 0. The molecule has 0 saturated heterocycles. The molecule has 2 heterocycles. The van der Waals surface area contributed by atoms with E-state index in [9.17, 15) is 14.4 Å². The first kappa shape index (κ1) is 9.29. The van der Waals surface area contributed by atoms with Crippen LogP contribution < -0.4 is 22.1 Å². The molecule has 0 unspecified atom stereocenters. The summed E-state index contributed by atoms with van der Waals surface area (Å²) in [6.07, 6.45) is 0. The second kappa shape index (κ2) is 2.86. The van der Waals surface area contributed by atoms with Gasteiger partial charge < -0.3 is 0 Å². The van der Waals surface area contributed by atoms with E-state index in [1.165, 1.54) is 20.0 Å². The summed E-state index contributed by atoms with van der Waals surface area (Å²) in [5.74, 6) is 1.25. The van der Waals surface area contributed by atoms with Crippen LogP contribution >= 0.6 is 0 Å². The van der Waals surface area contributed by atoms with Crippen LogP contribution in [0.4, 0.5) is 0 Å². The largest absolute Gasteiger partial charge is 0.332 e. The highest BCUT2D eigenvalue weighted by molar-refractivity contribution is 5.51. The molecule has 0 saturated carbocycles. The third-order valence-electron chi connectivity index (χ3n) is 2.13. The van der Waals surface area contributed by atoms with Crippen molar-refractivity contribution in [2.45, 2.75) is 0 Å². The molecule has 1 aromatic rings. The van der Waals surface area contributed by atoms with Gasteiger partial charge in [-0.3, -0.25) is 13.9 Å². The normalized spacial score (nSPS) is 12.8.